The topological polar surface area (TPSA) is 29.9 Å². The van der Waals surface area contributed by atoms with Crippen LogP contribution in [0.5, 0.6) is 0 Å². The summed E-state index contributed by atoms with van der Waals surface area (Å²) < 4.78 is 2.09. The standard InChI is InChI=1S/C16H29N3/c1-4-10-19-12-15(11-18-19)16(17-5-2)14-8-6-13(3)7-9-14/h11-14,16-17H,4-10H2,1-3H3. The second-order valence-electron chi connectivity index (χ2n) is 6.09. The van der Waals surface area contributed by atoms with Crippen molar-refractivity contribution in [2.24, 2.45) is 11.8 Å². The maximum absolute atomic E-state index is 4.50. The van der Waals surface area contributed by atoms with Crippen LogP contribution in [-0.4, -0.2) is 16.3 Å². The van der Waals surface area contributed by atoms with E-state index in [1.165, 1.54) is 31.2 Å². The van der Waals surface area contributed by atoms with Crippen molar-refractivity contribution in [3.05, 3.63) is 18.0 Å². The molecule has 1 aliphatic rings. The maximum atomic E-state index is 4.50. The van der Waals surface area contributed by atoms with Crippen LogP contribution < -0.4 is 5.32 Å². The van der Waals surface area contributed by atoms with Crippen molar-refractivity contribution in [1.82, 2.24) is 15.1 Å². The van der Waals surface area contributed by atoms with Gasteiger partial charge in [0.1, 0.15) is 0 Å². The summed E-state index contributed by atoms with van der Waals surface area (Å²) in [6.45, 7) is 8.86. The number of aromatic nitrogens is 2. The van der Waals surface area contributed by atoms with Gasteiger partial charge < -0.3 is 5.32 Å². The van der Waals surface area contributed by atoms with Gasteiger partial charge in [-0.2, -0.15) is 5.10 Å². The second-order valence-corrected chi connectivity index (χ2v) is 6.09. The number of aryl methyl sites for hydroxylation is 1. The summed E-state index contributed by atoms with van der Waals surface area (Å²) in [5.74, 6) is 1.71. The third kappa shape index (κ3) is 3.82. The summed E-state index contributed by atoms with van der Waals surface area (Å²) in [6, 6.07) is 0.503. The fourth-order valence-corrected chi connectivity index (χ4v) is 3.29. The average molecular weight is 263 g/mol. The molecule has 1 aromatic heterocycles. The van der Waals surface area contributed by atoms with E-state index in [9.17, 15) is 0 Å². The van der Waals surface area contributed by atoms with Crippen LogP contribution in [0.4, 0.5) is 0 Å². The molecule has 1 unspecified atom stereocenters. The molecule has 0 spiro atoms. The van der Waals surface area contributed by atoms with Crippen LogP contribution >= 0.6 is 0 Å². The van der Waals surface area contributed by atoms with Gasteiger partial charge in [-0.25, -0.2) is 0 Å². The molecule has 1 aliphatic carbocycles. The van der Waals surface area contributed by atoms with Gasteiger partial charge in [-0.15, -0.1) is 0 Å². The van der Waals surface area contributed by atoms with Crippen LogP contribution in [0.1, 0.15) is 64.5 Å². The smallest absolute Gasteiger partial charge is 0.0537 e. The van der Waals surface area contributed by atoms with E-state index >= 15 is 0 Å². The number of hydrogen-bond donors (Lipinski definition) is 1. The number of rotatable bonds is 6. The normalized spacial score (nSPS) is 25.4. The van der Waals surface area contributed by atoms with Gasteiger partial charge in [0.05, 0.1) is 6.20 Å². The number of hydrogen-bond acceptors (Lipinski definition) is 2. The first-order valence-corrected chi connectivity index (χ1v) is 8.00. The van der Waals surface area contributed by atoms with Crippen LogP contribution in [0.3, 0.4) is 0 Å². The van der Waals surface area contributed by atoms with Crippen molar-refractivity contribution in [3.8, 4) is 0 Å². The third-order valence-electron chi connectivity index (χ3n) is 4.42. The number of nitrogens with zero attached hydrogens (tertiary/aromatic N) is 2. The molecular weight excluding hydrogens is 234 g/mol. The summed E-state index contributed by atoms with van der Waals surface area (Å²) in [5, 5.41) is 8.18. The van der Waals surface area contributed by atoms with Gasteiger partial charge in [0.2, 0.25) is 0 Å². The van der Waals surface area contributed by atoms with Crippen LogP contribution in [0.25, 0.3) is 0 Å². The summed E-state index contributed by atoms with van der Waals surface area (Å²) in [7, 11) is 0. The fraction of sp³-hybridized carbons (Fsp3) is 0.812. The number of nitrogens with one attached hydrogen (secondary N) is 1. The molecule has 1 N–H and O–H groups in total. The SMILES string of the molecule is CCCn1cc(C(NCC)C2CCC(C)CC2)cn1. The van der Waals surface area contributed by atoms with Crippen LogP contribution in [0.2, 0.25) is 0 Å². The van der Waals surface area contributed by atoms with Crippen molar-refractivity contribution in [2.45, 2.75) is 65.5 Å². The van der Waals surface area contributed by atoms with Crippen molar-refractivity contribution in [2.75, 3.05) is 6.54 Å². The third-order valence-corrected chi connectivity index (χ3v) is 4.42. The minimum atomic E-state index is 0.503. The Labute approximate surface area is 117 Å². The summed E-state index contributed by atoms with van der Waals surface area (Å²) >= 11 is 0. The zero-order valence-electron chi connectivity index (χ0n) is 12.7. The monoisotopic (exact) mass is 263 g/mol. The molecule has 1 fully saturated rings. The van der Waals surface area contributed by atoms with Crippen LogP contribution in [0, 0.1) is 11.8 Å². The Hall–Kier alpha value is -0.830. The average Bonchev–Trinajstić information content (AvgIpc) is 2.86. The lowest BCUT2D eigenvalue weighted by molar-refractivity contribution is 0.233. The Morgan fingerprint density at radius 3 is 2.68 bits per heavy atom. The van der Waals surface area contributed by atoms with Crippen molar-refractivity contribution < 1.29 is 0 Å². The molecule has 2 rings (SSSR count). The first-order valence-electron chi connectivity index (χ1n) is 8.00. The van der Waals surface area contributed by atoms with E-state index in [0.29, 0.717) is 6.04 Å². The Balaban J connectivity index is 2.05. The molecule has 0 saturated heterocycles. The van der Waals surface area contributed by atoms with Gasteiger partial charge in [0.25, 0.3) is 0 Å². The zero-order valence-corrected chi connectivity index (χ0v) is 12.7. The molecule has 0 amide bonds. The molecule has 1 atom stereocenters. The molecule has 1 heterocycles. The quantitative estimate of drug-likeness (QED) is 0.846. The van der Waals surface area contributed by atoms with Crippen molar-refractivity contribution >= 4 is 0 Å². The van der Waals surface area contributed by atoms with Gasteiger partial charge in [-0.05, 0) is 37.6 Å². The van der Waals surface area contributed by atoms with Crippen molar-refractivity contribution in [1.29, 1.82) is 0 Å². The molecular formula is C16H29N3. The molecule has 0 radical (unpaired) electrons. The van der Waals surface area contributed by atoms with E-state index in [4.69, 9.17) is 0 Å². The lowest BCUT2D eigenvalue weighted by Crippen LogP contribution is -2.30. The van der Waals surface area contributed by atoms with Crippen LogP contribution in [-0.2, 0) is 6.54 Å². The molecule has 3 heteroatoms. The molecule has 0 aliphatic heterocycles. The van der Waals surface area contributed by atoms with E-state index in [0.717, 1.165) is 31.3 Å². The van der Waals surface area contributed by atoms with Gasteiger partial charge in [0, 0.05) is 24.3 Å². The van der Waals surface area contributed by atoms with Crippen molar-refractivity contribution in [3.63, 3.8) is 0 Å². The second kappa shape index (κ2) is 7.09. The van der Waals surface area contributed by atoms with E-state index < -0.39 is 0 Å². The van der Waals surface area contributed by atoms with Gasteiger partial charge >= 0.3 is 0 Å². The highest BCUT2D eigenvalue weighted by atomic mass is 15.3. The molecule has 108 valence electrons. The molecule has 3 nitrogen and oxygen atoms in total. The first kappa shape index (κ1) is 14.6. The Morgan fingerprint density at radius 2 is 2.05 bits per heavy atom. The largest absolute Gasteiger partial charge is 0.310 e. The lowest BCUT2D eigenvalue weighted by atomic mass is 9.78. The predicted octanol–water partition coefficient (Wildman–Crippen LogP) is 3.77. The molecule has 0 bridgehead atoms. The molecule has 0 aromatic carbocycles. The highest BCUT2D eigenvalue weighted by molar-refractivity contribution is 5.12. The zero-order chi connectivity index (χ0) is 13.7. The first-order chi connectivity index (χ1) is 9.24. The van der Waals surface area contributed by atoms with E-state index in [-0.39, 0.29) is 0 Å². The minimum Gasteiger partial charge on any atom is -0.310 e. The Morgan fingerprint density at radius 1 is 1.32 bits per heavy atom. The highest BCUT2D eigenvalue weighted by Gasteiger charge is 2.27. The fourth-order valence-electron chi connectivity index (χ4n) is 3.29. The Kier molecular flexibility index (Phi) is 5.44. The van der Waals surface area contributed by atoms with Crippen LogP contribution in [0.15, 0.2) is 12.4 Å². The maximum Gasteiger partial charge on any atom is 0.0537 e. The molecule has 1 saturated carbocycles. The predicted molar refractivity (Wildman–Crippen MR) is 80.1 cm³/mol. The lowest BCUT2D eigenvalue weighted by Gasteiger charge is -2.32. The van der Waals surface area contributed by atoms with Gasteiger partial charge in [-0.3, -0.25) is 4.68 Å². The summed E-state index contributed by atoms with van der Waals surface area (Å²) in [6.07, 6.45) is 10.9. The molecule has 1 aromatic rings. The highest BCUT2D eigenvalue weighted by Crippen LogP contribution is 2.36. The summed E-state index contributed by atoms with van der Waals surface area (Å²) in [5.41, 5.74) is 1.38. The van der Waals surface area contributed by atoms with Gasteiger partial charge in [-0.1, -0.05) is 33.6 Å². The van der Waals surface area contributed by atoms with Gasteiger partial charge in [0.15, 0.2) is 0 Å². The van der Waals surface area contributed by atoms with E-state index in [1.807, 2.05) is 0 Å². The molecule has 19 heavy (non-hydrogen) atoms. The van der Waals surface area contributed by atoms with E-state index in [1.54, 1.807) is 0 Å². The Bertz CT molecular complexity index is 364. The van der Waals surface area contributed by atoms with E-state index in [2.05, 4.69) is 48.3 Å². The summed E-state index contributed by atoms with van der Waals surface area (Å²) in [4.78, 5) is 0. The minimum absolute atomic E-state index is 0.503.